The molecule has 1 aromatic rings. The average Bonchev–Trinajstić information content (AvgIpc) is 2.58. The van der Waals surface area contributed by atoms with E-state index >= 15 is 0 Å². The van der Waals surface area contributed by atoms with Gasteiger partial charge in [0.05, 0.1) is 0 Å². The summed E-state index contributed by atoms with van der Waals surface area (Å²) in [5.41, 5.74) is 0. The fourth-order valence-electron chi connectivity index (χ4n) is 2.41. The van der Waals surface area contributed by atoms with Crippen LogP contribution in [0.25, 0.3) is 0 Å². The minimum Gasteiger partial charge on any atom is -0.356 e. The maximum atomic E-state index is 11.7. The first-order valence-corrected chi connectivity index (χ1v) is 10.1. The highest BCUT2D eigenvalue weighted by Gasteiger charge is 2.00. The summed E-state index contributed by atoms with van der Waals surface area (Å²) in [6, 6.07) is 4.07. The minimum atomic E-state index is 0.223. The Labute approximate surface area is 146 Å². The molecule has 1 amide bonds. The summed E-state index contributed by atoms with van der Waals surface area (Å²) in [6.07, 6.45) is 15.4. The zero-order chi connectivity index (χ0) is 16.6. The summed E-state index contributed by atoms with van der Waals surface area (Å²) >= 11 is 1.85. The van der Waals surface area contributed by atoms with E-state index in [2.05, 4.69) is 17.2 Å². The Kier molecular flexibility index (Phi) is 12.7. The average molecular weight is 337 g/mol. The Bertz CT molecular complexity index is 398. The lowest BCUT2D eigenvalue weighted by Crippen LogP contribution is -2.24. The summed E-state index contributed by atoms with van der Waals surface area (Å²) in [4.78, 5) is 17.0. The lowest BCUT2D eigenvalue weighted by molar-refractivity contribution is -0.121. The van der Waals surface area contributed by atoms with Crippen LogP contribution >= 0.6 is 11.8 Å². The minimum absolute atomic E-state index is 0.223. The van der Waals surface area contributed by atoms with Crippen molar-refractivity contribution in [2.75, 3.05) is 12.3 Å². The monoisotopic (exact) mass is 336 g/mol. The molecule has 0 aliphatic carbocycles. The highest BCUT2D eigenvalue weighted by molar-refractivity contribution is 7.99. The first-order valence-electron chi connectivity index (χ1n) is 9.12. The van der Waals surface area contributed by atoms with Crippen molar-refractivity contribution in [2.45, 2.75) is 76.0 Å². The van der Waals surface area contributed by atoms with Crippen molar-refractivity contribution in [3.8, 4) is 0 Å². The van der Waals surface area contributed by atoms with Crippen LogP contribution in [-0.4, -0.2) is 23.2 Å². The Morgan fingerprint density at radius 1 is 1.00 bits per heavy atom. The molecule has 1 N–H and O–H groups in total. The molecule has 1 rings (SSSR count). The van der Waals surface area contributed by atoms with Crippen LogP contribution < -0.4 is 5.32 Å². The van der Waals surface area contributed by atoms with E-state index < -0.39 is 0 Å². The van der Waals surface area contributed by atoms with Crippen molar-refractivity contribution in [3.63, 3.8) is 0 Å². The second-order valence-electron chi connectivity index (χ2n) is 5.96. The van der Waals surface area contributed by atoms with E-state index in [0.29, 0.717) is 6.42 Å². The number of thioether (sulfide) groups is 1. The van der Waals surface area contributed by atoms with Crippen molar-refractivity contribution >= 4 is 17.7 Å². The van der Waals surface area contributed by atoms with Crippen LogP contribution in [0, 0.1) is 0 Å². The Morgan fingerprint density at radius 2 is 1.70 bits per heavy atom. The van der Waals surface area contributed by atoms with E-state index in [9.17, 15) is 4.79 Å². The van der Waals surface area contributed by atoms with Crippen LogP contribution in [0.5, 0.6) is 0 Å². The van der Waals surface area contributed by atoms with Gasteiger partial charge in [0, 0.05) is 30.3 Å². The number of carbonyl (C=O) groups is 1. The molecule has 0 aromatic carbocycles. The quantitative estimate of drug-likeness (QED) is 0.374. The van der Waals surface area contributed by atoms with Gasteiger partial charge in [-0.15, -0.1) is 11.8 Å². The van der Waals surface area contributed by atoms with E-state index in [0.717, 1.165) is 31.6 Å². The first-order chi connectivity index (χ1) is 11.3. The zero-order valence-corrected chi connectivity index (χ0v) is 15.4. The van der Waals surface area contributed by atoms with Crippen LogP contribution in [0.15, 0.2) is 29.4 Å². The molecule has 0 aliphatic heterocycles. The van der Waals surface area contributed by atoms with Crippen molar-refractivity contribution in [1.82, 2.24) is 10.3 Å². The second-order valence-corrected chi connectivity index (χ2v) is 7.13. The summed E-state index contributed by atoms with van der Waals surface area (Å²) in [6.45, 7) is 3.05. The number of rotatable bonds is 14. The molecule has 4 heteroatoms. The van der Waals surface area contributed by atoms with E-state index in [4.69, 9.17) is 0 Å². The van der Waals surface area contributed by atoms with Crippen LogP contribution in [0.1, 0.15) is 71.1 Å². The maximum absolute atomic E-state index is 11.7. The molecule has 1 heterocycles. The molecule has 3 nitrogen and oxygen atoms in total. The third-order valence-corrected chi connectivity index (χ3v) is 4.92. The number of unbranched alkanes of at least 4 members (excludes halogenated alkanes) is 7. The smallest absolute Gasteiger partial charge is 0.219 e. The van der Waals surface area contributed by atoms with Crippen molar-refractivity contribution in [1.29, 1.82) is 0 Å². The van der Waals surface area contributed by atoms with Gasteiger partial charge in [0.25, 0.3) is 0 Å². The van der Waals surface area contributed by atoms with E-state index in [-0.39, 0.29) is 5.91 Å². The van der Waals surface area contributed by atoms with Crippen molar-refractivity contribution in [2.24, 2.45) is 0 Å². The molecule has 0 saturated carbocycles. The lowest BCUT2D eigenvalue weighted by Gasteiger charge is -2.05. The van der Waals surface area contributed by atoms with Gasteiger partial charge in [-0.05, 0) is 37.1 Å². The third kappa shape index (κ3) is 12.1. The zero-order valence-electron chi connectivity index (χ0n) is 14.6. The highest BCUT2D eigenvalue weighted by atomic mass is 32.2. The van der Waals surface area contributed by atoms with Crippen LogP contribution in [0.3, 0.4) is 0 Å². The van der Waals surface area contributed by atoms with Gasteiger partial charge in [0.1, 0.15) is 0 Å². The third-order valence-electron chi connectivity index (χ3n) is 3.82. The Balaban J connectivity index is 1.84. The number of nitrogens with one attached hydrogen (secondary N) is 1. The van der Waals surface area contributed by atoms with Gasteiger partial charge in [0.2, 0.25) is 5.91 Å². The first kappa shape index (κ1) is 20.0. The predicted octanol–water partition coefficient (Wildman–Crippen LogP) is 5.21. The highest BCUT2D eigenvalue weighted by Crippen LogP contribution is 2.17. The predicted molar refractivity (Wildman–Crippen MR) is 99.8 cm³/mol. The summed E-state index contributed by atoms with van der Waals surface area (Å²) < 4.78 is 0. The molecular weight excluding hydrogens is 304 g/mol. The number of carbonyl (C=O) groups excluding carboxylic acids is 1. The molecule has 0 radical (unpaired) electrons. The van der Waals surface area contributed by atoms with Crippen LogP contribution in [0.4, 0.5) is 0 Å². The number of hydrogen-bond donors (Lipinski definition) is 1. The Hall–Kier alpha value is -1.03. The number of hydrogen-bond acceptors (Lipinski definition) is 3. The van der Waals surface area contributed by atoms with Gasteiger partial charge in [-0.2, -0.15) is 0 Å². The molecule has 0 unspecified atom stereocenters. The summed E-state index contributed by atoms with van der Waals surface area (Å²) in [7, 11) is 0. The summed E-state index contributed by atoms with van der Waals surface area (Å²) in [5, 5.41) is 3.03. The van der Waals surface area contributed by atoms with Gasteiger partial charge in [-0.25, -0.2) is 0 Å². The standard InChI is InChI=1S/C19H32N2OS/c1-2-3-4-5-6-7-8-11-19(22)21-14-9-10-17-23-18-12-15-20-16-13-18/h12-13,15-16H,2-11,14,17H2,1H3,(H,21,22). The van der Waals surface area contributed by atoms with E-state index in [1.54, 1.807) is 0 Å². The molecule has 1 aromatic heterocycles. The van der Waals surface area contributed by atoms with Crippen LogP contribution in [0.2, 0.25) is 0 Å². The molecule has 0 atom stereocenters. The molecule has 0 spiro atoms. The molecule has 0 bridgehead atoms. The number of nitrogens with zero attached hydrogens (tertiary/aromatic N) is 1. The molecule has 0 fully saturated rings. The largest absolute Gasteiger partial charge is 0.356 e. The van der Waals surface area contributed by atoms with Gasteiger partial charge in [-0.3, -0.25) is 9.78 Å². The van der Waals surface area contributed by atoms with Gasteiger partial charge in [0.15, 0.2) is 0 Å². The summed E-state index contributed by atoms with van der Waals surface area (Å²) in [5.74, 6) is 1.32. The molecule has 0 saturated heterocycles. The fraction of sp³-hybridized carbons (Fsp3) is 0.684. The second kappa shape index (κ2) is 14.6. The SMILES string of the molecule is CCCCCCCCCC(=O)NCCCCSc1ccncc1. The normalized spacial score (nSPS) is 10.7. The fourth-order valence-corrected chi connectivity index (χ4v) is 3.31. The van der Waals surface area contributed by atoms with Gasteiger partial charge >= 0.3 is 0 Å². The van der Waals surface area contributed by atoms with Crippen molar-refractivity contribution < 1.29 is 4.79 Å². The van der Waals surface area contributed by atoms with Crippen LogP contribution in [-0.2, 0) is 4.79 Å². The molecular formula is C19H32N2OS. The lowest BCUT2D eigenvalue weighted by atomic mass is 10.1. The topological polar surface area (TPSA) is 42.0 Å². The number of pyridine rings is 1. The van der Waals surface area contributed by atoms with E-state index in [1.807, 2.05) is 36.3 Å². The van der Waals surface area contributed by atoms with Gasteiger partial charge in [-0.1, -0.05) is 45.4 Å². The van der Waals surface area contributed by atoms with E-state index in [1.165, 1.54) is 43.4 Å². The van der Waals surface area contributed by atoms with Crippen molar-refractivity contribution in [3.05, 3.63) is 24.5 Å². The number of aromatic nitrogens is 1. The molecule has 130 valence electrons. The molecule has 0 aliphatic rings. The molecule has 23 heavy (non-hydrogen) atoms. The Morgan fingerprint density at radius 3 is 2.43 bits per heavy atom. The number of amides is 1. The van der Waals surface area contributed by atoms with Gasteiger partial charge < -0.3 is 5.32 Å². The maximum Gasteiger partial charge on any atom is 0.219 e.